The Bertz CT molecular complexity index is 329. The summed E-state index contributed by atoms with van der Waals surface area (Å²) < 4.78 is 13.4. The second kappa shape index (κ2) is 7.64. The van der Waals surface area contributed by atoms with E-state index >= 15 is 0 Å². The molecule has 22 heavy (non-hydrogen) atoms. The number of hydrogen-bond donors (Lipinski definition) is 1. The molecule has 3 rings (SSSR count). The fraction of sp³-hybridized carbons (Fsp3) is 1.00. The Balaban J connectivity index is 1.43. The van der Waals surface area contributed by atoms with Crippen LogP contribution >= 0.6 is 0 Å². The van der Waals surface area contributed by atoms with Gasteiger partial charge in [-0.3, -0.25) is 0 Å². The number of alkyl halides is 1. The van der Waals surface area contributed by atoms with Crippen LogP contribution in [0.25, 0.3) is 0 Å². The van der Waals surface area contributed by atoms with Gasteiger partial charge in [0.15, 0.2) is 0 Å². The molecule has 0 aromatic carbocycles. The standard InChI is InChI=1S/C20H35FO/c1-2-14-3-5-15(6-4-14)16-7-9-17(10-8-16)18-11-12-19(21)20(22)13-18/h14-20,22H,2-13H2,1H3. The van der Waals surface area contributed by atoms with Gasteiger partial charge in [-0.05, 0) is 87.4 Å². The first-order valence-corrected chi connectivity index (χ1v) is 9.99. The third-order valence-corrected chi connectivity index (χ3v) is 7.39. The molecule has 0 aromatic rings. The van der Waals surface area contributed by atoms with Crippen molar-refractivity contribution < 1.29 is 9.50 Å². The van der Waals surface area contributed by atoms with Gasteiger partial charge in [0.1, 0.15) is 6.17 Å². The molecule has 3 atom stereocenters. The van der Waals surface area contributed by atoms with E-state index in [9.17, 15) is 9.50 Å². The van der Waals surface area contributed by atoms with Gasteiger partial charge in [0.25, 0.3) is 0 Å². The second-order valence-electron chi connectivity index (χ2n) is 8.52. The van der Waals surface area contributed by atoms with Crippen molar-refractivity contribution in [2.24, 2.45) is 29.6 Å². The zero-order chi connectivity index (χ0) is 15.5. The van der Waals surface area contributed by atoms with E-state index in [1.807, 2.05) is 0 Å². The van der Waals surface area contributed by atoms with Crippen LogP contribution in [0.2, 0.25) is 0 Å². The van der Waals surface area contributed by atoms with Crippen molar-refractivity contribution in [3.05, 3.63) is 0 Å². The van der Waals surface area contributed by atoms with Crippen LogP contribution in [0.4, 0.5) is 4.39 Å². The molecular weight excluding hydrogens is 275 g/mol. The van der Waals surface area contributed by atoms with Gasteiger partial charge in [-0.15, -0.1) is 0 Å². The summed E-state index contributed by atoms with van der Waals surface area (Å²) in [5.41, 5.74) is 0. The molecule has 3 aliphatic rings. The Hall–Kier alpha value is -0.110. The molecule has 0 aromatic heterocycles. The highest BCUT2D eigenvalue weighted by atomic mass is 19.1. The topological polar surface area (TPSA) is 20.2 Å². The van der Waals surface area contributed by atoms with Gasteiger partial charge in [-0.1, -0.05) is 26.2 Å². The van der Waals surface area contributed by atoms with E-state index in [4.69, 9.17) is 0 Å². The van der Waals surface area contributed by atoms with Gasteiger partial charge in [0, 0.05) is 0 Å². The molecule has 0 amide bonds. The molecule has 0 bridgehead atoms. The monoisotopic (exact) mass is 310 g/mol. The highest BCUT2D eigenvalue weighted by Crippen LogP contribution is 2.45. The highest BCUT2D eigenvalue weighted by Gasteiger charge is 2.36. The Kier molecular flexibility index (Phi) is 5.81. The molecule has 1 N–H and O–H groups in total. The number of rotatable bonds is 3. The molecule has 0 saturated heterocycles. The maximum atomic E-state index is 13.4. The van der Waals surface area contributed by atoms with Crippen LogP contribution in [0.5, 0.6) is 0 Å². The summed E-state index contributed by atoms with van der Waals surface area (Å²) in [5.74, 6) is 4.33. The average Bonchev–Trinajstić information content (AvgIpc) is 2.58. The van der Waals surface area contributed by atoms with Crippen molar-refractivity contribution in [1.82, 2.24) is 0 Å². The van der Waals surface area contributed by atoms with Crippen molar-refractivity contribution in [1.29, 1.82) is 0 Å². The average molecular weight is 310 g/mol. The van der Waals surface area contributed by atoms with Gasteiger partial charge in [0.2, 0.25) is 0 Å². The molecule has 3 saturated carbocycles. The number of aliphatic hydroxyl groups excluding tert-OH is 1. The minimum Gasteiger partial charge on any atom is -0.390 e. The van der Waals surface area contributed by atoms with Crippen molar-refractivity contribution in [3.63, 3.8) is 0 Å². The van der Waals surface area contributed by atoms with Crippen LogP contribution in [0, 0.1) is 29.6 Å². The molecule has 2 heteroatoms. The van der Waals surface area contributed by atoms with Gasteiger partial charge in [0.05, 0.1) is 6.10 Å². The Morgan fingerprint density at radius 3 is 1.68 bits per heavy atom. The van der Waals surface area contributed by atoms with Gasteiger partial charge < -0.3 is 5.11 Å². The fourth-order valence-electron chi connectivity index (χ4n) is 5.73. The molecule has 3 aliphatic carbocycles. The molecule has 1 nitrogen and oxygen atoms in total. The summed E-state index contributed by atoms with van der Waals surface area (Å²) in [4.78, 5) is 0. The van der Waals surface area contributed by atoms with Crippen LogP contribution in [-0.2, 0) is 0 Å². The molecule has 0 heterocycles. The summed E-state index contributed by atoms with van der Waals surface area (Å²) in [6, 6.07) is 0. The smallest absolute Gasteiger partial charge is 0.126 e. The predicted molar refractivity (Wildman–Crippen MR) is 89.4 cm³/mol. The summed E-state index contributed by atoms with van der Waals surface area (Å²) in [7, 11) is 0. The Labute approximate surface area is 136 Å². The molecule has 128 valence electrons. The third-order valence-electron chi connectivity index (χ3n) is 7.39. The summed E-state index contributed by atoms with van der Waals surface area (Å²) in [5, 5.41) is 9.81. The maximum absolute atomic E-state index is 13.4. The van der Waals surface area contributed by atoms with Crippen molar-refractivity contribution >= 4 is 0 Å². The molecular formula is C20H35FO. The van der Waals surface area contributed by atoms with Crippen LogP contribution in [0.1, 0.15) is 84.0 Å². The van der Waals surface area contributed by atoms with Crippen LogP contribution in [0.3, 0.4) is 0 Å². The zero-order valence-electron chi connectivity index (χ0n) is 14.4. The largest absolute Gasteiger partial charge is 0.390 e. The lowest BCUT2D eigenvalue weighted by Crippen LogP contribution is -2.35. The SMILES string of the molecule is CCC1CCC(C2CCC(C3CCC(F)C(O)C3)CC2)CC1. The van der Waals surface area contributed by atoms with Gasteiger partial charge in [-0.25, -0.2) is 4.39 Å². The van der Waals surface area contributed by atoms with E-state index < -0.39 is 12.3 Å². The first-order valence-electron chi connectivity index (χ1n) is 9.99. The van der Waals surface area contributed by atoms with E-state index in [-0.39, 0.29) is 0 Å². The van der Waals surface area contributed by atoms with E-state index in [0.29, 0.717) is 12.3 Å². The summed E-state index contributed by atoms with van der Waals surface area (Å²) >= 11 is 0. The van der Waals surface area contributed by atoms with Crippen molar-refractivity contribution in [2.75, 3.05) is 0 Å². The van der Waals surface area contributed by atoms with Crippen LogP contribution < -0.4 is 0 Å². The number of halogens is 1. The number of hydrogen-bond acceptors (Lipinski definition) is 1. The molecule has 0 radical (unpaired) electrons. The lowest BCUT2D eigenvalue weighted by Gasteiger charge is -2.41. The van der Waals surface area contributed by atoms with E-state index in [1.54, 1.807) is 0 Å². The molecule has 0 aliphatic heterocycles. The third kappa shape index (κ3) is 3.86. The van der Waals surface area contributed by atoms with Gasteiger partial charge in [-0.2, -0.15) is 0 Å². The zero-order valence-corrected chi connectivity index (χ0v) is 14.4. The van der Waals surface area contributed by atoms with E-state index in [0.717, 1.165) is 36.5 Å². The first-order chi connectivity index (χ1) is 10.7. The van der Waals surface area contributed by atoms with E-state index in [1.165, 1.54) is 57.8 Å². The lowest BCUT2D eigenvalue weighted by molar-refractivity contribution is -0.000302. The second-order valence-corrected chi connectivity index (χ2v) is 8.52. The first kappa shape index (κ1) is 16.7. The summed E-state index contributed by atoms with van der Waals surface area (Å²) in [6.07, 6.45) is 13.4. The molecule has 3 unspecified atom stereocenters. The molecule has 3 fully saturated rings. The number of aliphatic hydroxyl groups is 1. The van der Waals surface area contributed by atoms with E-state index in [2.05, 4.69) is 6.92 Å². The quantitative estimate of drug-likeness (QED) is 0.729. The van der Waals surface area contributed by atoms with Gasteiger partial charge >= 0.3 is 0 Å². The fourth-order valence-corrected chi connectivity index (χ4v) is 5.73. The minimum absolute atomic E-state index is 0.590. The Morgan fingerprint density at radius 2 is 1.18 bits per heavy atom. The maximum Gasteiger partial charge on any atom is 0.126 e. The predicted octanol–water partition coefficient (Wildman–Crippen LogP) is 5.51. The minimum atomic E-state index is -0.957. The Morgan fingerprint density at radius 1 is 0.727 bits per heavy atom. The van der Waals surface area contributed by atoms with Crippen molar-refractivity contribution in [2.45, 2.75) is 96.2 Å². The lowest BCUT2D eigenvalue weighted by atomic mass is 9.65. The highest BCUT2D eigenvalue weighted by molar-refractivity contribution is 4.87. The molecule has 0 spiro atoms. The van der Waals surface area contributed by atoms with Crippen LogP contribution in [-0.4, -0.2) is 17.4 Å². The summed E-state index contributed by atoms with van der Waals surface area (Å²) in [6.45, 7) is 2.34. The normalized spacial score (nSPS) is 47.3. The van der Waals surface area contributed by atoms with Crippen molar-refractivity contribution in [3.8, 4) is 0 Å². The van der Waals surface area contributed by atoms with Crippen LogP contribution in [0.15, 0.2) is 0 Å².